The van der Waals surface area contributed by atoms with E-state index in [1.54, 1.807) is 0 Å². The molecule has 3 nitrogen and oxygen atoms in total. The maximum Gasteiger partial charge on any atom is 0.142 e. The van der Waals surface area contributed by atoms with Gasteiger partial charge in [-0.2, -0.15) is 0 Å². The van der Waals surface area contributed by atoms with Crippen molar-refractivity contribution < 1.29 is 4.74 Å². The lowest BCUT2D eigenvalue weighted by Gasteiger charge is -2.25. The van der Waals surface area contributed by atoms with Crippen molar-refractivity contribution in [3.8, 4) is 5.75 Å². The molecule has 0 spiro atoms. The summed E-state index contributed by atoms with van der Waals surface area (Å²) in [5.74, 6) is 0.982. The normalized spacial score (nSPS) is 17.6. The fraction of sp³-hybridized carbons (Fsp3) is 0.500. The molecule has 0 saturated carbocycles. The summed E-state index contributed by atoms with van der Waals surface area (Å²) < 4.78 is 5.68. The van der Waals surface area contributed by atoms with E-state index in [-0.39, 0.29) is 6.04 Å². The highest BCUT2D eigenvalue weighted by molar-refractivity contribution is 5.59. The zero-order chi connectivity index (χ0) is 10.7. The zero-order valence-corrected chi connectivity index (χ0v) is 9.15. The third-order valence-electron chi connectivity index (χ3n) is 2.54. The van der Waals surface area contributed by atoms with E-state index in [1.165, 1.54) is 5.69 Å². The van der Waals surface area contributed by atoms with Gasteiger partial charge in [-0.05, 0) is 25.5 Å². The number of nitrogens with two attached hydrogens (primary N) is 1. The van der Waals surface area contributed by atoms with E-state index >= 15 is 0 Å². The van der Waals surface area contributed by atoms with Gasteiger partial charge in [-0.3, -0.25) is 0 Å². The van der Waals surface area contributed by atoms with Crippen molar-refractivity contribution >= 4 is 5.69 Å². The summed E-state index contributed by atoms with van der Waals surface area (Å²) in [6.07, 6.45) is 1.06. The van der Waals surface area contributed by atoms with Crippen LogP contribution in [0.15, 0.2) is 24.3 Å². The van der Waals surface area contributed by atoms with Gasteiger partial charge in [-0.25, -0.2) is 0 Å². The fourth-order valence-electron chi connectivity index (χ4n) is 1.94. The molecule has 0 bridgehead atoms. The number of hydrogen-bond acceptors (Lipinski definition) is 3. The minimum absolute atomic E-state index is 0.191. The molecular formula is C12H18N2O. The Morgan fingerprint density at radius 3 is 3.07 bits per heavy atom. The van der Waals surface area contributed by atoms with Gasteiger partial charge in [0.05, 0.1) is 12.3 Å². The van der Waals surface area contributed by atoms with Crippen molar-refractivity contribution in [2.45, 2.75) is 19.4 Å². The molecule has 0 amide bonds. The second-order valence-corrected chi connectivity index (χ2v) is 4.09. The summed E-state index contributed by atoms with van der Waals surface area (Å²) in [5, 5.41) is 0. The van der Waals surface area contributed by atoms with Gasteiger partial charge < -0.3 is 15.4 Å². The first-order chi connectivity index (χ1) is 7.27. The molecule has 0 aromatic heterocycles. The number of fused-ring (bicyclic) bond motifs is 1. The average Bonchev–Trinajstić information content (AvgIpc) is 2.41. The molecule has 82 valence electrons. The maximum absolute atomic E-state index is 5.85. The highest BCUT2D eigenvalue weighted by Crippen LogP contribution is 2.30. The van der Waals surface area contributed by atoms with Gasteiger partial charge in [0.25, 0.3) is 0 Å². The molecule has 1 heterocycles. The van der Waals surface area contributed by atoms with Gasteiger partial charge in [0.1, 0.15) is 5.75 Å². The topological polar surface area (TPSA) is 38.5 Å². The third kappa shape index (κ3) is 2.42. The second-order valence-electron chi connectivity index (χ2n) is 4.09. The van der Waals surface area contributed by atoms with Crippen LogP contribution in [0, 0.1) is 0 Å². The van der Waals surface area contributed by atoms with Crippen LogP contribution in [0.2, 0.25) is 0 Å². The number of rotatable bonds is 2. The molecule has 3 heteroatoms. The zero-order valence-electron chi connectivity index (χ0n) is 9.15. The number of anilines is 1. The number of nitrogens with zero attached hydrogens (tertiary/aromatic N) is 1. The first-order valence-electron chi connectivity index (χ1n) is 5.50. The summed E-state index contributed by atoms with van der Waals surface area (Å²) in [7, 11) is 0. The molecule has 15 heavy (non-hydrogen) atoms. The molecule has 1 aromatic carbocycles. The van der Waals surface area contributed by atoms with Crippen LogP contribution in [0.5, 0.6) is 5.75 Å². The van der Waals surface area contributed by atoms with Gasteiger partial charge in [-0.15, -0.1) is 0 Å². The lowest BCUT2D eigenvalue weighted by atomic mass is 10.2. The molecule has 0 radical (unpaired) electrons. The Balaban J connectivity index is 2.24. The Bertz CT molecular complexity index is 325. The van der Waals surface area contributed by atoms with Gasteiger partial charge in [0, 0.05) is 19.1 Å². The fourth-order valence-corrected chi connectivity index (χ4v) is 1.94. The Kier molecular flexibility index (Phi) is 3.11. The standard InChI is InChI=1S/C12H18N2O/c1-10(13)9-14-7-4-8-15-12-6-3-2-5-11(12)14/h2-3,5-6,10H,4,7-9,13H2,1H3/t10-/m0/s1. The Morgan fingerprint density at radius 2 is 2.27 bits per heavy atom. The molecule has 2 N–H and O–H groups in total. The molecule has 0 unspecified atom stereocenters. The largest absolute Gasteiger partial charge is 0.491 e. The maximum atomic E-state index is 5.85. The first-order valence-corrected chi connectivity index (χ1v) is 5.50. The Morgan fingerprint density at radius 1 is 1.47 bits per heavy atom. The highest BCUT2D eigenvalue weighted by Gasteiger charge is 2.16. The minimum Gasteiger partial charge on any atom is -0.491 e. The minimum atomic E-state index is 0.191. The SMILES string of the molecule is C[C@H](N)CN1CCCOc2ccccc21. The van der Waals surface area contributed by atoms with Gasteiger partial charge in [-0.1, -0.05) is 12.1 Å². The molecule has 0 fully saturated rings. The molecule has 2 rings (SSSR count). The molecular weight excluding hydrogens is 188 g/mol. The van der Waals surface area contributed by atoms with Crippen LogP contribution in [0.4, 0.5) is 5.69 Å². The van der Waals surface area contributed by atoms with E-state index in [0.29, 0.717) is 0 Å². The van der Waals surface area contributed by atoms with Crippen LogP contribution in [0.1, 0.15) is 13.3 Å². The first kappa shape index (κ1) is 10.3. The van der Waals surface area contributed by atoms with Crippen molar-refractivity contribution in [2.24, 2.45) is 5.73 Å². The molecule has 1 aliphatic rings. The van der Waals surface area contributed by atoms with Crippen molar-refractivity contribution in [1.29, 1.82) is 0 Å². The monoisotopic (exact) mass is 206 g/mol. The van der Waals surface area contributed by atoms with Crippen LogP contribution in [0.25, 0.3) is 0 Å². The van der Waals surface area contributed by atoms with Crippen LogP contribution in [-0.2, 0) is 0 Å². The van der Waals surface area contributed by atoms with E-state index < -0.39 is 0 Å². The number of hydrogen-bond donors (Lipinski definition) is 1. The van der Waals surface area contributed by atoms with E-state index in [1.807, 2.05) is 25.1 Å². The highest BCUT2D eigenvalue weighted by atomic mass is 16.5. The van der Waals surface area contributed by atoms with Crippen LogP contribution in [0.3, 0.4) is 0 Å². The van der Waals surface area contributed by atoms with Gasteiger partial charge in [0.15, 0.2) is 0 Å². The van der Waals surface area contributed by atoms with Crippen LogP contribution in [-0.4, -0.2) is 25.7 Å². The summed E-state index contributed by atoms with van der Waals surface area (Å²) in [4.78, 5) is 2.31. The van der Waals surface area contributed by atoms with Gasteiger partial charge >= 0.3 is 0 Å². The molecule has 1 aromatic rings. The quantitative estimate of drug-likeness (QED) is 0.799. The molecule has 0 aliphatic carbocycles. The van der Waals surface area contributed by atoms with Gasteiger partial charge in [0.2, 0.25) is 0 Å². The lowest BCUT2D eigenvalue weighted by molar-refractivity contribution is 0.322. The van der Waals surface area contributed by atoms with E-state index in [9.17, 15) is 0 Å². The van der Waals surface area contributed by atoms with Crippen LogP contribution >= 0.6 is 0 Å². The lowest BCUT2D eigenvalue weighted by Crippen LogP contribution is -2.36. The third-order valence-corrected chi connectivity index (χ3v) is 2.54. The Labute approximate surface area is 90.8 Å². The number of ether oxygens (including phenoxy) is 1. The van der Waals surface area contributed by atoms with Crippen molar-refractivity contribution in [1.82, 2.24) is 0 Å². The summed E-state index contributed by atoms with van der Waals surface area (Å²) in [5.41, 5.74) is 7.02. The molecule has 1 atom stereocenters. The van der Waals surface area contributed by atoms with E-state index in [2.05, 4.69) is 11.0 Å². The summed E-state index contributed by atoms with van der Waals surface area (Å²) in [6.45, 7) is 4.75. The number of para-hydroxylation sites is 2. The van der Waals surface area contributed by atoms with Crippen molar-refractivity contribution in [2.75, 3.05) is 24.6 Å². The van der Waals surface area contributed by atoms with E-state index in [4.69, 9.17) is 10.5 Å². The number of benzene rings is 1. The van der Waals surface area contributed by atoms with Crippen molar-refractivity contribution in [3.05, 3.63) is 24.3 Å². The summed E-state index contributed by atoms with van der Waals surface area (Å²) in [6, 6.07) is 8.37. The predicted molar refractivity (Wildman–Crippen MR) is 62.4 cm³/mol. The van der Waals surface area contributed by atoms with Crippen molar-refractivity contribution in [3.63, 3.8) is 0 Å². The Hall–Kier alpha value is -1.22. The smallest absolute Gasteiger partial charge is 0.142 e. The predicted octanol–water partition coefficient (Wildman–Crippen LogP) is 1.62. The summed E-state index contributed by atoms with van der Waals surface area (Å²) >= 11 is 0. The second kappa shape index (κ2) is 4.53. The van der Waals surface area contributed by atoms with Crippen LogP contribution < -0.4 is 15.4 Å². The average molecular weight is 206 g/mol. The van der Waals surface area contributed by atoms with E-state index in [0.717, 1.165) is 31.9 Å². The molecule has 1 aliphatic heterocycles. The molecule has 0 saturated heterocycles.